The summed E-state index contributed by atoms with van der Waals surface area (Å²) in [7, 11) is 0. The van der Waals surface area contributed by atoms with Gasteiger partial charge in [0.1, 0.15) is 5.76 Å². The van der Waals surface area contributed by atoms with Crippen molar-refractivity contribution in [2.45, 2.75) is 73.5 Å². The van der Waals surface area contributed by atoms with E-state index in [0.717, 1.165) is 17.9 Å². The molecule has 3 heteroatoms. The fraction of sp³-hybridized carbons (Fsp3) is 0.737. The van der Waals surface area contributed by atoms with E-state index in [9.17, 15) is 9.90 Å². The van der Waals surface area contributed by atoms with E-state index in [0.29, 0.717) is 23.2 Å². The van der Waals surface area contributed by atoms with Gasteiger partial charge < -0.3 is 9.84 Å². The molecular weight excluding hydrogens is 276 g/mol. The maximum Gasteiger partial charge on any atom is 0.269 e. The van der Waals surface area contributed by atoms with Crippen LogP contribution in [0.25, 0.3) is 0 Å². The molecule has 0 aromatic carbocycles. The average Bonchev–Trinajstić information content (AvgIpc) is 2.61. The van der Waals surface area contributed by atoms with Crippen molar-refractivity contribution in [3.05, 3.63) is 23.0 Å². The molecule has 1 aliphatic rings. The maximum atomic E-state index is 11.9. The first-order chi connectivity index (χ1) is 10.1. The van der Waals surface area contributed by atoms with E-state index in [1.54, 1.807) is 6.92 Å². The molecule has 3 nitrogen and oxygen atoms in total. The van der Waals surface area contributed by atoms with E-state index in [-0.39, 0.29) is 5.78 Å². The maximum absolute atomic E-state index is 11.9. The number of carbonyl (C=O) groups is 1. The first kappa shape index (κ1) is 19.0. The SMILES string of the molecule is CC[C@H](C)C[C@@H](C)C[C@H](C)/C=C(/C)C1=C(C)C(=O)C(C)(O)O1. The van der Waals surface area contributed by atoms with Crippen LogP contribution in [0.1, 0.15) is 67.7 Å². The van der Waals surface area contributed by atoms with Gasteiger partial charge in [-0.2, -0.15) is 0 Å². The molecule has 0 fully saturated rings. The molecule has 0 radical (unpaired) electrons. The summed E-state index contributed by atoms with van der Waals surface area (Å²) >= 11 is 0. The molecule has 22 heavy (non-hydrogen) atoms. The van der Waals surface area contributed by atoms with Crippen molar-refractivity contribution in [1.29, 1.82) is 0 Å². The number of ether oxygens (including phenoxy) is 1. The summed E-state index contributed by atoms with van der Waals surface area (Å²) in [6.07, 6.45) is 5.75. The van der Waals surface area contributed by atoms with E-state index in [4.69, 9.17) is 4.74 Å². The Kier molecular flexibility index (Phi) is 6.42. The van der Waals surface area contributed by atoms with Crippen molar-refractivity contribution in [2.24, 2.45) is 17.8 Å². The van der Waals surface area contributed by atoms with Gasteiger partial charge in [-0.1, -0.05) is 40.2 Å². The number of rotatable bonds is 7. The molecule has 0 saturated heterocycles. The highest BCUT2D eigenvalue weighted by molar-refractivity contribution is 6.03. The minimum absolute atomic E-state index is 0.340. The number of hydrogen-bond acceptors (Lipinski definition) is 3. The molecule has 1 heterocycles. The summed E-state index contributed by atoms with van der Waals surface area (Å²) in [5.74, 6) is 0.358. The van der Waals surface area contributed by atoms with Crippen LogP contribution in [0.3, 0.4) is 0 Å². The Morgan fingerprint density at radius 1 is 1.27 bits per heavy atom. The van der Waals surface area contributed by atoms with Crippen LogP contribution in [-0.2, 0) is 9.53 Å². The minimum Gasteiger partial charge on any atom is -0.454 e. The fourth-order valence-electron chi connectivity index (χ4n) is 3.30. The normalized spacial score (nSPS) is 26.9. The summed E-state index contributed by atoms with van der Waals surface area (Å²) < 4.78 is 5.44. The highest BCUT2D eigenvalue weighted by Gasteiger charge is 2.42. The van der Waals surface area contributed by atoms with Crippen LogP contribution in [0.4, 0.5) is 0 Å². The molecule has 0 aliphatic carbocycles. The molecule has 1 rings (SSSR count). The van der Waals surface area contributed by atoms with Crippen molar-refractivity contribution < 1.29 is 14.6 Å². The number of aliphatic hydroxyl groups is 1. The Bertz CT molecular complexity index is 471. The van der Waals surface area contributed by atoms with E-state index in [1.165, 1.54) is 19.8 Å². The van der Waals surface area contributed by atoms with E-state index in [2.05, 4.69) is 33.8 Å². The third-order valence-electron chi connectivity index (χ3n) is 4.57. The molecule has 4 atom stereocenters. The lowest BCUT2D eigenvalue weighted by Crippen LogP contribution is -2.32. The van der Waals surface area contributed by atoms with Gasteiger partial charge in [-0.3, -0.25) is 4.79 Å². The second kappa shape index (κ2) is 7.45. The van der Waals surface area contributed by atoms with Crippen molar-refractivity contribution in [1.82, 2.24) is 0 Å². The van der Waals surface area contributed by atoms with Crippen molar-refractivity contribution in [2.75, 3.05) is 0 Å². The molecule has 0 bridgehead atoms. The molecule has 0 spiro atoms. The van der Waals surface area contributed by atoms with Gasteiger partial charge in [-0.05, 0) is 50.0 Å². The lowest BCUT2D eigenvalue weighted by molar-refractivity contribution is -0.169. The Morgan fingerprint density at radius 3 is 2.32 bits per heavy atom. The molecule has 126 valence electrons. The molecule has 1 unspecified atom stereocenters. The van der Waals surface area contributed by atoms with Gasteiger partial charge in [0.2, 0.25) is 5.78 Å². The number of ketones is 1. The van der Waals surface area contributed by atoms with Crippen molar-refractivity contribution in [3.8, 4) is 0 Å². The third-order valence-corrected chi connectivity index (χ3v) is 4.57. The first-order valence-electron chi connectivity index (χ1n) is 8.44. The summed E-state index contributed by atoms with van der Waals surface area (Å²) in [5, 5.41) is 9.92. The van der Waals surface area contributed by atoms with Crippen LogP contribution in [0.5, 0.6) is 0 Å². The van der Waals surface area contributed by atoms with Crippen molar-refractivity contribution >= 4 is 5.78 Å². The summed E-state index contributed by atoms with van der Waals surface area (Å²) in [6.45, 7) is 14.1. The minimum atomic E-state index is -1.71. The zero-order valence-electron chi connectivity index (χ0n) is 15.2. The van der Waals surface area contributed by atoms with Gasteiger partial charge in [0, 0.05) is 12.5 Å². The molecule has 1 N–H and O–H groups in total. The Hall–Kier alpha value is -1.09. The second-order valence-corrected chi connectivity index (χ2v) is 7.29. The predicted molar refractivity (Wildman–Crippen MR) is 90.2 cm³/mol. The molecule has 1 aliphatic heterocycles. The molecule has 0 aromatic heterocycles. The van der Waals surface area contributed by atoms with Crippen molar-refractivity contribution in [3.63, 3.8) is 0 Å². The van der Waals surface area contributed by atoms with Gasteiger partial charge in [0.15, 0.2) is 0 Å². The van der Waals surface area contributed by atoms with Crippen LogP contribution in [0, 0.1) is 17.8 Å². The third kappa shape index (κ3) is 4.70. The van der Waals surface area contributed by atoms with Gasteiger partial charge in [0.25, 0.3) is 5.79 Å². The second-order valence-electron chi connectivity index (χ2n) is 7.29. The topological polar surface area (TPSA) is 46.5 Å². The molecule has 0 amide bonds. The molecule has 0 saturated carbocycles. The summed E-state index contributed by atoms with van der Waals surface area (Å²) in [6, 6.07) is 0. The number of Topliss-reactive ketones (excluding diaryl/α,β-unsaturated/α-hetero) is 1. The van der Waals surface area contributed by atoms with E-state index >= 15 is 0 Å². The zero-order chi connectivity index (χ0) is 17.1. The van der Waals surface area contributed by atoms with Gasteiger partial charge in [-0.15, -0.1) is 0 Å². The van der Waals surface area contributed by atoms with Gasteiger partial charge in [-0.25, -0.2) is 0 Å². The van der Waals surface area contributed by atoms with Crippen LogP contribution >= 0.6 is 0 Å². The highest BCUT2D eigenvalue weighted by atomic mass is 16.6. The van der Waals surface area contributed by atoms with E-state index in [1.807, 2.05) is 6.92 Å². The number of carbonyl (C=O) groups excluding carboxylic acids is 1. The zero-order valence-corrected chi connectivity index (χ0v) is 15.2. The largest absolute Gasteiger partial charge is 0.454 e. The summed E-state index contributed by atoms with van der Waals surface area (Å²) in [4.78, 5) is 11.9. The predicted octanol–water partition coefficient (Wildman–Crippen LogP) is 4.61. The van der Waals surface area contributed by atoms with E-state index < -0.39 is 5.79 Å². The number of allylic oxidation sites excluding steroid dienone is 2. The lowest BCUT2D eigenvalue weighted by atomic mass is 9.88. The van der Waals surface area contributed by atoms with Crippen LogP contribution in [0.15, 0.2) is 23.0 Å². The van der Waals surface area contributed by atoms with Gasteiger partial charge >= 0.3 is 0 Å². The Balaban J connectivity index is 2.71. The first-order valence-corrected chi connectivity index (χ1v) is 8.44. The van der Waals surface area contributed by atoms with Gasteiger partial charge in [0.05, 0.1) is 0 Å². The van der Waals surface area contributed by atoms with Crippen LogP contribution in [-0.4, -0.2) is 16.7 Å². The lowest BCUT2D eigenvalue weighted by Gasteiger charge is -2.20. The van der Waals surface area contributed by atoms with Crippen LogP contribution < -0.4 is 0 Å². The summed E-state index contributed by atoms with van der Waals surface area (Å²) in [5.41, 5.74) is 1.45. The smallest absolute Gasteiger partial charge is 0.269 e. The fourth-order valence-corrected chi connectivity index (χ4v) is 3.30. The monoisotopic (exact) mass is 308 g/mol. The molecular formula is C19H32O3. The quantitative estimate of drug-likeness (QED) is 0.747. The highest BCUT2D eigenvalue weighted by Crippen LogP contribution is 2.33. The van der Waals surface area contributed by atoms with Crippen LogP contribution in [0.2, 0.25) is 0 Å². The molecule has 0 aromatic rings. The average molecular weight is 308 g/mol. The Morgan fingerprint density at radius 2 is 1.86 bits per heavy atom. The Labute approximate surface area is 135 Å². The standard InChI is InChI=1S/C19H32O3/c1-8-12(2)9-13(3)10-14(4)11-15(5)17-16(6)18(20)19(7,21)22-17/h11-14,21H,8-10H2,1-7H3/b15-11-/t12-,13+,14-,19?/m0/s1. The number of hydrogen-bond donors (Lipinski definition) is 1.